The van der Waals surface area contributed by atoms with Gasteiger partial charge in [-0.05, 0) is 28.7 Å². The van der Waals surface area contributed by atoms with Gasteiger partial charge in [0, 0.05) is 33.8 Å². The number of benzene rings is 2. The molecule has 0 saturated carbocycles. The number of ether oxygens (including phenoxy) is 1. The molecule has 0 spiro atoms. The van der Waals surface area contributed by atoms with Crippen LogP contribution in [0.15, 0.2) is 53.5 Å². The second-order valence-electron chi connectivity index (χ2n) is 6.09. The summed E-state index contributed by atoms with van der Waals surface area (Å²) < 4.78 is 5.15. The van der Waals surface area contributed by atoms with Crippen molar-refractivity contribution in [3.8, 4) is 0 Å². The van der Waals surface area contributed by atoms with Gasteiger partial charge in [0.25, 0.3) is 0 Å². The Morgan fingerprint density at radius 2 is 1.76 bits per heavy atom. The molecule has 0 radical (unpaired) electrons. The smallest absolute Gasteiger partial charge is 0.194 e. The lowest BCUT2D eigenvalue weighted by Gasteiger charge is -2.31. The fraction of sp³-hybridized carbons (Fsp3) is 0.350. The van der Waals surface area contributed by atoms with E-state index in [0.717, 1.165) is 32.0 Å². The predicted octanol–water partition coefficient (Wildman–Crippen LogP) is 3.58. The quantitative estimate of drug-likeness (QED) is 0.439. The van der Waals surface area contributed by atoms with Crippen LogP contribution in [0.5, 0.6) is 0 Å². The zero-order valence-corrected chi connectivity index (χ0v) is 17.2. The van der Waals surface area contributed by atoms with Crippen LogP contribution in [0.3, 0.4) is 0 Å². The first-order valence-corrected chi connectivity index (χ1v) is 8.39. The Hall–Kier alpha value is -1.60. The van der Waals surface area contributed by atoms with Crippen LogP contribution in [-0.4, -0.2) is 31.6 Å². The van der Waals surface area contributed by atoms with Crippen molar-refractivity contribution in [2.24, 2.45) is 4.99 Å². The Morgan fingerprint density at radius 3 is 2.44 bits per heavy atom. The van der Waals surface area contributed by atoms with Gasteiger partial charge in [-0.25, -0.2) is 0 Å². The first-order valence-electron chi connectivity index (χ1n) is 8.39. The van der Waals surface area contributed by atoms with Gasteiger partial charge in [0.1, 0.15) is 0 Å². The fourth-order valence-electron chi connectivity index (χ4n) is 3.11. The van der Waals surface area contributed by atoms with E-state index in [9.17, 15) is 0 Å². The average Bonchev–Trinajstić information content (AvgIpc) is 2.64. The maximum Gasteiger partial charge on any atom is 0.194 e. The number of halogens is 1. The normalized spacial score (nSPS) is 13.8. The van der Waals surface area contributed by atoms with Crippen LogP contribution >= 0.6 is 24.0 Å². The number of guanidine groups is 1. The first kappa shape index (κ1) is 19.7. The van der Waals surface area contributed by atoms with Crippen molar-refractivity contribution in [2.45, 2.75) is 26.1 Å². The number of methoxy groups -OCH3 is 1. The van der Waals surface area contributed by atoms with Gasteiger partial charge in [0.15, 0.2) is 5.96 Å². The third kappa shape index (κ3) is 5.19. The lowest BCUT2D eigenvalue weighted by atomic mass is 10.0. The maximum absolute atomic E-state index is 5.15. The molecule has 1 aliphatic heterocycles. The summed E-state index contributed by atoms with van der Waals surface area (Å²) in [5.74, 6) is 0.963. The molecule has 25 heavy (non-hydrogen) atoms. The third-order valence-electron chi connectivity index (χ3n) is 4.43. The summed E-state index contributed by atoms with van der Waals surface area (Å²) >= 11 is 0. The van der Waals surface area contributed by atoms with Crippen LogP contribution < -0.4 is 5.32 Å². The molecule has 1 heterocycles. The number of hydrogen-bond acceptors (Lipinski definition) is 2. The summed E-state index contributed by atoms with van der Waals surface area (Å²) in [6, 6.07) is 17.2. The molecule has 4 nitrogen and oxygen atoms in total. The SMILES string of the molecule is CN=C(NCc1ccc(COC)cc1)N1CCc2ccccc2C1.I. The van der Waals surface area contributed by atoms with Crippen molar-refractivity contribution >= 4 is 29.9 Å². The van der Waals surface area contributed by atoms with Crippen molar-refractivity contribution < 1.29 is 4.74 Å². The topological polar surface area (TPSA) is 36.9 Å². The Bertz CT molecular complexity index is 700. The highest BCUT2D eigenvalue weighted by Gasteiger charge is 2.18. The van der Waals surface area contributed by atoms with Gasteiger partial charge in [-0.15, -0.1) is 24.0 Å². The van der Waals surface area contributed by atoms with Crippen molar-refractivity contribution in [3.05, 3.63) is 70.8 Å². The maximum atomic E-state index is 5.15. The van der Waals surface area contributed by atoms with Gasteiger partial charge < -0.3 is 15.0 Å². The van der Waals surface area contributed by atoms with Gasteiger partial charge in [-0.3, -0.25) is 4.99 Å². The largest absolute Gasteiger partial charge is 0.380 e. The summed E-state index contributed by atoms with van der Waals surface area (Å²) in [5.41, 5.74) is 5.29. The number of nitrogens with zero attached hydrogens (tertiary/aromatic N) is 2. The van der Waals surface area contributed by atoms with Crippen LogP contribution in [0, 0.1) is 0 Å². The van der Waals surface area contributed by atoms with E-state index >= 15 is 0 Å². The predicted molar refractivity (Wildman–Crippen MR) is 113 cm³/mol. The molecule has 0 aliphatic carbocycles. The first-order chi connectivity index (χ1) is 11.8. The summed E-state index contributed by atoms with van der Waals surface area (Å²) in [6.07, 6.45) is 1.07. The molecule has 0 bridgehead atoms. The second kappa shape index (κ2) is 9.77. The van der Waals surface area contributed by atoms with Crippen molar-refractivity contribution in [3.63, 3.8) is 0 Å². The number of nitrogens with one attached hydrogen (secondary N) is 1. The monoisotopic (exact) mass is 451 g/mol. The highest BCUT2D eigenvalue weighted by atomic mass is 127. The molecule has 0 saturated heterocycles. The minimum atomic E-state index is 0. The van der Waals surface area contributed by atoms with Crippen molar-refractivity contribution in [1.29, 1.82) is 0 Å². The zero-order chi connectivity index (χ0) is 16.8. The molecular formula is C20H26IN3O. The summed E-state index contributed by atoms with van der Waals surface area (Å²) in [6.45, 7) is 3.35. The molecule has 1 N–H and O–H groups in total. The Morgan fingerprint density at radius 1 is 1.08 bits per heavy atom. The van der Waals surface area contributed by atoms with Gasteiger partial charge in [0.05, 0.1) is 6.61 Å². The fourth-order valence-corrected chi connectivity index (χ4v) is 3.11. The minimum absolute atomic E-state index is 0. The molecular weight excluding hydrogens is 425 g/mol. The lowest BCUT2D eigenvalue weighted by molar-refractivity contribution is 0.185. The van der Waals surface area contributed by atoms with E-state index in [4.69, 9.17) is 4.74 Å². The average molecular weight is 451 g/mol. The van der Waals surface area contributed by atoms with E-state index in [0.29, 0.717) is 6.61 Å². The molecule has 3 rings (SSSR count). The zero-order valence-electron chi connectivity index (χ0n) is 14.9. The number of hydrogen-bond donors (Lipinski definition) is 1. The van der Waals surface area contributed by atoms with E-state index in [1.807, 2.05) is 7.05 Å². The van der Waals surface area contributed by atoms with Crippen LogP contribution in [-0.2, 0) is 30.9 Å². The van der Waals surface area contributed by atoms with Gasteiger partial charge in [-0.1, -0.05) is 48.5 Å². The highest BCUT2D eigenvalue weighted by molar-refractivity contribution is 14.0. The van der Waals surface area contributed by atoms with E-state index < -0.39 is 0 Å². The molecule has 5 heteroatoms. The molecule has 0 atom stereocenters. The lowest BCUT2D eigenvalue weighted by Crippen LogP contribution is -2.43. The van der Waals surface area contributed by atoms with E-state index in [1.165, 1.54) is 22.3 Å². The molecule has 0 amide bonds. The van der Waals surface area contributed by atoms with Crippen LogP contribution in [0.1, 0.15) is 22.3 Å². The molecule has 2 aromatic carbocycles. The summed E-state index contributed by atoms with van der Waals surface area (Å²) in [5, 5.41) is 3.48. The van der Waals surface area contributed by atoms with E-state index in [1.54, 1.807) is 7.11 Å². The summed E-state index contributed by atoms with van der Waals surface area (Å²) in [7, 11) is 3.57. The molecule has 0 unspecified atom stereocenters. The van der Waals surface area contributed by atoms with E-state index in [-0.39, 0.29) is 24.0 Å². The minimum Gasteiger partial charge on any atom is -0.380 e. The van der Waals surface area contributed by atoms with Gasteiger partial charge >= 0.3 is 0 Å². The van der Waals surface area contributed by atoms with Crippen LogP contribution in [0.4, 0.5) is 0 Å². The Kier molecular flexibility index (Phi) is 7.71. The second-order valence-corrected chi connectivity index (χ2v) is 6.09. The number of rotatable bonds is 4. The summed E-state index contributed by atoms with van der Waals surface area (Å²) in [4.78, 5) is 6.78. The van der Waals surface area contributed by atoms with Crippen LogP contribution in [0.2, 0.25) is 0 Å². The van der Waals surface area contributed by atoms with E-state index in [2.05, 4.69) is 63.7 Å². The highest BCUT2D eigenvalue weighted by Crippen LogP contribution is 2.18. The third-order valence-corrected chi connectivity index (χ3v) is 4.43. The Balaban J connectivity index is 0.00000225. The molecule has 1 aliphatic rings. The molecule has 0 fully saturated rings. The molecule has 134 valence electrons. The number of fused-ring (bicyclic) bond motifs is 1. The molecule has 2 aromatic rings. The van der Waals surface area contributed by atoms with Crippen LogP contribution in [0.25, 0.3) is 0 Å². The van der Waals surface area contributed by atoms with Crippen molar-refractivity contribution in [1.82, 2.24) is 10.2 Å². The molecule has 0 aromatic heterocycles. The number of aliphatic imine (C=N–C) groups is 1. The Labute approximate surface area is 167 Å². The van der Waals surface area contributed by atoms with Crippen molar-refractivity contribution in [2.75, 3.05) is 20.7 Å². The van der Waals surface area contributed by atoms with Gasteiger partial charge in [0.2, 0.25) is 0 Å². The van der Waals surface area contributed by atoms with Gasteiger partial charge in [-0.2, -0.15) is 0 Å². The standard InChI is InChI=1S/C20H25N3O.HI/c1-21-20(22-13-16-7-9-17(10-8-16)15-24-2)23-12-11-18-5-3-4-6-19(18)14-23;/h3-10H,11-15H2,1-2H3,(H,21,22);1H.